The van der Waals surface area contributed by atoms with E-state index in [4.69, 9.17) is 5.73 Å². The van der Waals surface area contributed by atoms with Crippen LogP contribution in [0, 0.1) is 6.92 Å². The van der Waals surface area contributed by atoms with Gasteiger partial charge in [0.2, 0.25) is 0 Å². The number of hydrogen-bond donors (Lipinski definition) is 1. The molecular formula is C10H10BrNS2. The van der Waals surface area contributed by atoms with Crippen LogP contribution in [0.1, 0.15) is 21.4 Å². The van der Waals surface area contributed by atoms with Gasteiger partial charge in [-0.05, 0) is 52.0 Å². The zero-order valence-electron chi connectivity index (χ0n) is 7.66. The normalized spacial score (nSPS) is 13.1. The van der Waals surface area contributed by atoms with Gasteiger partial charge >= 0.3 is 0 Å². The van der Waals surface area contributed by atoms with Gasteiger partial charge in [0.1, 0.15) is 0 Å². The third kappa shape index (κ3) is 1.93. The highest BCUT2D eigenvalue weighted by Gasteiger charge is 2.14. The van der Waals surface area contributed by atoms with E-state index < -0.39 is 0 Å². The summed E-state index contributed by atoms with van der Waals surface area (Å²) in [5.74, 6) is 0. The first kappa shape index (κ1) is 10.4. The Morgan fingerprint density at radius 3 is 2.64 bits per heavy atom. The first-order valence-electron chi connectivity index (χ1n) is 4.23. The van der Waals surface area contributed by atoms with Crippen LogP contribution in [0.3, 0.4) is 0 Å². The van der Waals surface area contributed by atoms with Crippen LogP contribution in [-0.2, 0) is 0 Å². The van der Waals surface area contributed by atoms with Crippen LogP contribution in [-0.4, -0.2) is 0 Å². The van der Waals surface area contributed by atoms with Gasteiger partial charge in [0.15, 0.2) is 0 Å². The largest absolute Gasteiger partial charge is 0.319 e. The molecule has 0 fully saturated rings. The van der Waals surface area contributed by atoms with Crippen molar-refractivity contribution in [2.24, 2.45) is 5.73 Å². The Kier molecular flexibility index (Phi) is 3.07. The molecular weight excluding hydrogens is 278 g/mol. The van der Waals surface area contributed by atoms with Gasteiger partial charge in [-0.3, -0.25) is 0 Å². The van der Waals surface area contributed by atoms with Gasteiger partial charge in [-0.1, -0.05) is 0 Å². The molecule has 4 heteroatoms. The molecule has 2 rings (SSSR count). The Labute approximate surface area is 99.7 Å². The number of thiophene rings is 2. The highest BCUT2D eigenvalue weighted by Crippen LogP contribution is 2.33. The Balaban J connectivity index is 2.33. The van der Waals surface area contributed by atoms with E-state index in [1.54, 1.807) is 22.7 Å². The SMILES string of the molecule is Cc1ccsc1C(N)c1ccc(Br)s1. The van der Waals surface area contributed by atoms with Crippen molar-refractivity contribution in [2.75, 3.05) is 0 Å². The summed E-state index contributed by atoms with van der Waals surface area (Å²) < 4.78 is 1.14. The number of rotatable bonds is 2. The summed E-state index contributed by atoms with van der Waals surface area (Å²) in [5.41, 5.74) is 7.46. The van der Waals surface area contributed by atoms with Gasteiger partial charge < -0.3 is 5.73 Å². The first-order chi connectivity index (χ1) is 6.68. The monoisotopic (exact) mass is 287 g/mol. The number of hydrogen-bond acceptors (Lipinski definition) is 3. The summed E-state index contributed by atoms with van der Waals surface area (Å²) in [7, 11) is 0. The molecule has 0 aliphatic carbocycles. The fraction of sp³-hybridized carbons (Fsp3) is 0.200. The molecule has 0 aromatic carbocycles. The van der Waals surface area contributed by atoms with Crippen molar-refractivity contribution in [3.63, 3.8) is 0 Å². The van der Waals surface area contributed by atoms with Crippen molar-refractivity contribution < 1.29 is 0 Å². The topological polar surface area (TPSA) is 26.0 Å². The zero-order chi connectivity index (χ0) is 10.1. The van der Waals surface area contributed by atoms with Crippen molar-refractivity contribution in [1.29, 1.82) is 0 Å². The Hall–Kier alpha value is -0.160. The van der Waals surface area contributed by atoms with Crippen LogP contribution in [0.15, 0.2) is 27.4 Å². The van der Waals surface area contributed by atoms with Crippen LogP contribution in [0.4, 0.5) is 0 Å². The third-order valence-electron chi connectivity index (χ3n) is 2.08. The van der Waals surface area contributed by atoms with Crippen molar-refractivity contribution in [2.45, 2.75) is 13.0 Å². The number of aryl methyl sites for hydroxylation is 1. The van der Waals surface area contributed by atoms with Crippen LogP contribution in [0.5, 0.6) is 0 Å². The maximum Gasteiger partial charge on any atom is 0.0743 e. The second kappa shape index (κ2) is 4.14. The van der Waals surface area contributed by atoms with E-state index in [1.165, 1.54) is 15.3 Å². The van der Waals surface area contributed by atoms with Gasteiger partial charge in [-0.25, -0.2) is 0 Å². The van der Waals surface area contributed by atoms with Gasteiger partial charge in [0, 0.05) is 9.75 Å². The molecule has 0 saturated heterocycles. The standard InChI is InChI=1S/C10H10BrNS2/c1-6-4-5-13-10(6)9(12)7-2-3-8(11)14-7/h2-5,9H,12H2,1H3. The summed E-state index contributed by atoms with van der Waals surface area (Å²) in [4.78, 5) is 2.47. The molecule has 2 aromatic heterocycles. The second-order valence-electron chi connectivity index (χ2n) is 3.09. The van der Waals surface area contributed by atoms with Crippen LogP contribution < -0.4 is 5.73 Å². The molecule has 0 radical (unpaired) electrons. The van der Waals surface area contributed by atoms with Crippen LogP contribution in [0.25, 0.3) is 0 Å². The minimum absolute atomic E-state index is 0.0336. The van der Waals surface area contributed by atoms with Crippen LogP contribution >= 0.6 is 38.6 Å². The molecule has 0 spiro atoms. The third-order valence-corrected chi connectivity index (χ3v) is 4.89. The molecule has 0 saturated carbocycles. The lowest BCUT2D eigenvalue weighted by Gasteiger charge is -2.08. The number of halogens is 1. The molecule has 0 bridgehead atoms. The van der Waals surface area contributed by atoms with Gasteiger partial charge in [0.25, 0.3) is 0 Å². The minimum Gasteiger partial charge on any atom is -0.319 e. The molecule has 2 aromatic rings. The molecule has 2 N–H and O–H groups in total. The summed E-state index contributed by atoms with van der Waals surface area (Å²) in [6, 6.07) is 6.27. The Morgan fingerprint density at radius 2 is 2.14 bits per heavy atom. The van der Waals surface area contributed by atoms with E-state index in [9.17, 15) is 0 Å². The molecule has 0 amide bonds. The van der Waals surface area contributed by atoms with Gasteiger partial charge in [-0.2, -0.15) is 0 Å². The second-order valence-corrected chi connectivity index (χ2v) is 6.53. The fourth-order valence-corrected chi connectivity index (χ4v) is 3.78. The maximum absolute atomic E-state index is 6.17. The summed E-state index contributed by atoms with van der Waals surface area (Å²) >= 11 is 6.88. The quantitative estimate of drug-likeness (QED) is 0.890. The lowest BCUT2D eigenvalue weighted by atomic mass is 10.1. The lowest BCUT2D eigenvalue weighted by Crippen LogP contribution is -2.09. The van der Waals surface area contributed by atoms with Gasteiger partial charge in [-0.15, -0.1) is 22.7 Å². The van der Waals surface area contributed by atoms with Crippen molar-refractivity contribution in [1.82, 2.24) is 0 Å². The van der Waals surface area contributed by atoms with Gasteiger partial charge in [0.05, 0.1) is 9.83 Å². The average molecular weight is 288 g/mol. The fourth-order valence-electron chi connectivity index (χ4n) is 1.33. The Bertz CT molecular complexity index is 433. The highest BCUT2D eigenvalue weighted by molar-refractivity contribution is 9.11. The van der Waals surface area contributed by atoms with E-state index >= 15 is 0 Å². The number of nitrogens with two attached hydrogens (primary N) is 1. The summed E-state index contributed by atoms with van der Waals surface area (Å²) in [5, 5.41) is 2.09. The molecule has 1 nitrogen and oxygen atoms in total. The smallest absolute Gasteiger partial charge is 0.0743 e. The van der Waals surface area contributed by atoms with Crippen LogP contribution in [0.2, 0.25) is 0 Å². The molecule has 2 heterocycles. The predicted molar refractivity (Wildman–Crippen MR) is 67.1 cm³/mol. The zero-order valence-corrected chi connectivity index (χ0v) is 10.9. The average Bonchev–Trinajstić information content (AvgIpc) is 2.73. The van der Waals surface area contributed by atoms with E-state index in [1.807, 2.05) is 6.07 Å². The molecule has 1 unspecified atom stereocenters. The minimum atomic E-state index is 0.0336. The van der Waals surface area contributed by atoms with E-state index in [-0.39, 0.29) is 6.04 Å². The molecule has 0 aliphatic heterocycles. The van der Waals surface area contributed by atoms with Crippen molar-refractivity contribution in [3.05, 3.63) is 42.7 Å². The predicted octanol–water partition coefficient (Wildman–Crippen LogP) is 3.93. The molecule has 0 aliphatic rings. The molecule has 1 atom stereocenters. The van der Waals surface area contributed by atoms with Crippen molar-refractivity contribution >= 4 is 38.6 Å². The highest BCUT2D eigenvalue weighted by atomic mass is 79.9. The maximum atomic E-state index is 6.17. The van der Waals surface area contributed by atoms with Crippen molar-refractivity contribution in [3.8, 4) is 0 Å². The Morgan fingerprint density at radius 1 is 1.36 bits per heavy atom. The first-order valence-corrected chi connectivity index (χ1v) is 6.72. The summed E-state index contributed by atoms with van der Waals surface area (Å²) in [6.07, 6.45) is 0. The van der Waals surface area contributed by atoms with E-state index in [0.29, 0.717) is 0 Å². The van der Waals surface area contributed by atoms with E-state index in [0.717, 1.165) is 3.79 Å². The van der Waals surface area contributed by atoms with E-state index in [2.05, 4.69) is 40.4 Å². The summed E-state index contributed by atoms with van der Waals surface area (Å²) in [6.45, 7) is 2.11. The molecule has 14 heavy (non-hydrogen) atoms. The lowest BCUT2D eigenvalue weighted by molar-refractivity contribution is 0.908. The molecule has 74 valence electrons.